The van der Waals surface area contributed by atoms with Gasteiger partial charge in [-0.3, -0.25) is 19.3 Å². The quantitative estimate of drug-likeness (QED) is 0.636. The second-order valence-corrected chi connectivity index (χ2v) is 5.48. The van der Waals surface area contributed by atoms with Gasteiger partial charge in [0.25, 0.3) is 11.8 Å². The molecule has 0 spiro atoms. The molecule has 2 aromatic rings. The first-order valence-corrected chi connectivity index (χ1v) is 7.46. The summed E-state index contributed by atoms with van der Waals surface area (Å²) in [6.07, 6.45) is 0.455. The van der Waals surface area contributed by atoms with Gasteiger partial charge in [0.05, 0.1) is 18.7 Å². The Labute approximate surface area is 138 Å². The van der Waals surface area contributed by atoms with E-state index in [-0.39, 0.29) is 24.8 Å². The standard InChI is InChI=1S/C18H14N2O4/c1-24-15(21)6-3-7-20-17(22)13-5-2-4-12-8-11(10-19)9-14(16(12)13)18(20)23/h2,4-5,8-9H,3,6-7H2,1H3. The fourth-order valence-corrected chi connectivity index (χ4v) is 2.91. The van der Waals surface area contributed by atoms with Crippen LogP contribution in [0.2, 0.25) is 0 Å². The van der Waals surface area contributed by atoms with Crippen molar-refractivity contribution in [2.24, 2.45) is 0 Å². The van der Waals surface area contributed by atoms with E-state index >= 15 is 0 Å². The summed E-state index contributed by atoms with van der Waals surface area (Å²) in [5.41, 5.74) is 1.15. The lowest BCUT2D eigenvalue weighted by molar-refractivity contribution is -0.140. The molecule has 0 radical (unpaired) electrons. The molecule has 2 amide bonds. The number of esters is 1. The van der Waals surface area contributed by atoms with Gasteiger partial charge in [0, 0.05) is 29.5 Å². The summed E-state index contributed by atoms with van der Waals surface area (Å²) in [6, 6.07) is 10.4. The van der Waals surface area contributed by atoms with E-state index in [9.17, 15) is 14.4 Å². The van der Waals surface area contributed by atoms with E-state index < -0.39 is 5.91 Å². The summed E-state index contributed by atoms with van der Waals surface area (Å²) in [6.45, 7) is 0.124. The fraction of sp³-hybridized carbons (Fsp3) is 0.222. The lowest BCUT2D eigenvalue weighted by Gasteiger charge is -2.27. The highest BCUT2D eigenvalue weighted by Crippen LogP contribution is 2.31. The molecule has 6 nitrogen and oxygen atoms in total. The highest BCUT2D eigenvalue weighted by molar-refractivity contribution is 6.25. The van der Waals surface area contributed by atoms with Crippen LogP contribution in [0.15, 0.2) is 30.3 Å². The van der Waals surface area contributed by atoms with Crippen LogP contribution in [0, 0.1) is 11.3 Å². The van der Waals surface area contributed by atoms with E-state index in [0.717, 1.165) is 4.90 Å². The Morgan fingerprint density at radius 1 is 1.21 bits per heavy atom. The molecule has 0 atom stereocenters. The molecule has 1 aliphatic rings. The maximum absolute atomic E-state index is 12.7. The van der Waals surface area contributed by atoms with Gasteiger partial charge in [-0.15, -0.1) is 0 Å². The molecule has 0 saturated carbocycles. The number of rotatable bonds is 4. The van der Waals surface area contributed by atoms with Crippen molar-refractivity contribution < 1.29 is 19.1 Å². The molecule has 0 saturated heterocycles. The molecule has 0 aliphatic carbocycles. The van der Waals surface area contributed by atoms with Gasteiger partial charge in [-0.1, -0.05) is 12.1 Å². The molecule has 0 unspecified atom stereocenters. The van der Waals surface area contributed by atoms with Gasteiger partial charge >= 0.3 is 5.97 Å². The van der Waals surface area contributed by atoms with Crippen LogP contribution in [-0.2, 0) is 9.53 Å². The smallest absolute Gasteiger partial charge is 0.305 e. The first kappa shape index (κ1) is 15.7. The molecule has 0 bridgehead atoms. The largest absolute Gasteiger partial charge is 0.469 e. The number of nitriles is 1. The van der Waals surface area contributed by atoms with Crippen LogP contribution in [0.25, 0.3) is 10.8 Å². The predicted octanol–water partition coefficient (Wildman–Crippen LogP) is 2.26. The number of carbonyl (C=O) groups excluding carboxylic acids is 3. The van der Waals surface area contributed by atoms with Crippen molar-refractivity contribution >= 4 is 28.6 Å². The molecule has 0 fully saturated rings. The second kappa shape index (κ2) is 6.13. The molecule has 1 aliphatic heterocycles. The van der Waals surface area contributed by atoms with Gasteiger partial charge in [0.15, 0.2) is 0 Å². The van der Waals surface area contributed by atoms with E-state index in [1.54, 1.807) is 24.3 Å². The number of hydrogen-bond donors (Lipinski definition) is 0. The highest BCUT2D eigenvalue weighted by Gasteiger charge is 2.32. The third-order valence-corrected chi connectivity index (χ3v) is 4.05. The van der Waals surface area contributed by atoms with E-state index in [2.05, 4.69) is 4.74 Å². The van der Waals surface area contributed by atoms with Crippen molar-refractivity contribution in [2.45, 2.75) is 12.8 Å². The SMILES string of the molecule is COC(=O)CCCN1C(=O)c2cccc3cc(C#N)cc(c23)C1=O. The van der Waals surface area contributed by atoms with Crippen LogP contribution in [-0.4, -0.2) is 36.3 Å². The van der Waals surface area contributed by atoms with Gasteiger partial charge < -0.3 is 4.74 Å². The Hall–Kier alpha value is -3.20. The number of hydrogen-bond acceptors (Lipinski definition) is 5. The zero-order chi connectivity index (χ0) is 17.3. The van der Waals surface area contributed by atoms with Gasteiger partial charge in [0.1, 0.15) is 0 Å². The van der Waals surface area contributed by atoms with Crippen LogP contribution in [0.1, 0.15) is 39.1 Å². The van der Waals surface area contributed by atoms with Crippen LogP contribution in [0.5, 0.6) is 0 Å². The van der Waals surface area contributed by atoms with Crippen LogP contribution in [0.4, 0.5) is 0 Å². The normalized spacial score (nSPS) is 13.1. The molecule has 2 aromatic carbocycles. The molecule has 3 rings (SSSR count). The molecule has 120 valence electrons. The molecule has 1 heterocycles. The minimum Gasteiger partial charge on any atom is -0.469 e. The van der Waals surface area contributed by atoms with Gasteiger partial charge in [-0.05, 0) is 30.0 Å². The van der Waals surface area contributed by atoms with Gasteiger partial charge in [-0.2, -0.15) is 5.26 Å². The van der Waals surface area contributed by atoms with Crippen LogP contribution >= 0.6 is 0 Å². The van der Waals surface area contributed by atoms with Crippen molar-refractivity contribution in [1.29, 1.82) is 5.26 Å². The minimum atomic E-state index is -0.439. The van der Waals surface area contributed by atoms with Crippen molar-refractivity contribution in [3.8, 4) is 6.07 Å². The summed E-state index contributed by atoms with van der Waals surface area (Å²) in [5, 5.41) is 10.4. The number of carbonyl (C=O) groups is 3. The first-order valence-electron chi connectivity index (χ1n) is 7.46. The van der Waals surface area contributed by atoms with Crippen molar-refractivity contribution in [3.05, 3.63) is 47.0 Å². The average Bonchev–Trinajstić information content (AvgIpc) is 2.61. The van der Waals surface area contributed by atoms with Crippen molar-refractivity contribution in [1.82, 2.24) is 4.90 Å². The first-order chi connectivity index (χ1) is 11.6. The third kappa shape index (κ3) is 2.50. The molecule has 6 heteroatoms. The Balaban J connectivity index is 2.00. The minimum absolute atomic E-state index is 0.124. The number of nitrogens with zero attached hydrogens (tertiary/aromatic N) is 2. The average molecular weight is 322 g/mol. The third-order valence-electron chi connectivity index (χ3n) is 4.05. The molecule has 0 aromatic heterocycles. The second-order valence-electron chi connectivity index (χ2n) is 5.48. The Bertz CT molecular complexity index is 911. The molecular formula is C18H14N2O4. The number of benzene rings is 2. The summed E-state index contributed by atoms with van der Waals surface area (Å²) >= 11 is 0. The number of methoxy groups -OCH3 is 1. The van der Waals surface area contributed by atoms with E-state index in [4.69, 9.17) is 5.26 Å². The van der Waals surface area contributed by atoms with Gasteiger partial charge in [-0.25, -0.2) is 0 Å². The van der Waals surface area contributed by atoms with E-state index in [1.165, 1.54) is 13.2 Å². The lowest BCUT2D eigenvalue weighted by atomic mass is 9.92. The topological polar surface area (TPSA) is 87.5 Å². The molecular weight excluding hydrogens is 308 g/mol. The van der Waals surface area contributed by atoms with Crippen LogP contribution in [0.3, 0.4) is 0 Å². The monoisotopic (exact) mass is 322 g/mol. The summed E-state index contributed by atoms with van der Waals surface area (Å²) < 4.78 is 4.56. The van der Waals surface area contributed by atoms with E-state index in [0.29, 0.717) is 33.9 Å². The Kier molecular flexibility index (Phi) is 4.00. The van der Waals surface area contributed by atoms with Crippen molar-refractivity contribution in [3.63, 3.8) is 0 Å². The van der Waals surface area contributed by atoms with E-state index in [1.807, 2.05) is 6.07 Å². The maximum Gasteiger partial charge on any atom is 0.305 e. The molecule has 24 heavy (non-hydrogen) atoms. The maximum atomic E-state index is 12.7. The molecule has 0 N–H and O–H groups in total. The summed E-state index contributed by atoms with van der Waals surface area (Å²) in [5.74, 6) is -1.21. The zero-order valence-corrected chi connectivity index (χ0v) is 13.0. The number of amides is 2. The number of imide groups is 1. The van der Waals surface area contributed by atoms with Crippen molar-refractivity contribution in [2.75, 3.05) is 13.7 Å². The fourth-order valence-electron chi connectivity index (χ4n) is 2.91. The Morgan fingerprint density at radius 2 is 1.96 bits per heavy atom. The highest BCUT2D eigenvalue weighted by atomic mass is 16.5. The number of ether oxygens (including phenoxy) is 1. The Morgan fingerprint density at radius 3 is 2.67 bits per heavy atom. The lowest BCUT2D eigenvalue weighted by Crippen LogP contribution is -2.41. The van der Waals surface area contributed by atoms with Crippen LogP contribution < -0.4 is 0 Å². The zero-order valence-electron chi connectivity index (χ0n) is 13.0. The van der Waals surface area contributed by atoms with Gasteiger partial charge in [0.2, 0.25) is 0 Å². The summed E-state index contributed by atoms with van der Waals surface area (Å²) in [7, 11) is 1.29. The predicted molar refractivity (Wildman–Crippen MR) is 85.3 cm³/mol. The summed E-state index contributed by atoms with van der Waals surface area (Å²) in [4.78, 5) is 37.7.